The van der Waals surface area contributed by atoms with Gasteiger partial charge >= 0.3 is 0 Å². The van der Waals surface area contributed by atoms with E-state index in [1.807, 2.05) is 0 Å². The Labute approximate surface area is 129 Å². The fourth-order valence-corrected chi connectivity index (χ4v) is 4.56. The first-order valence-corrected chi connectivity index (χ1v) is 8.91. The summed E-state index contributed by atoms with van der Waals surface area (Å²) in [5.74, 6) is 2.52. The lowest BCUT2D eigenvalue weighted by atomic mass is 9.94. The maximum atomic E-state index is 4.61. The molecule has 1 nitrogen and oxygen atoms in total. The highest BCUT2D eigenvalue weighted by Crippen LogP contribution is 2.36. The summed E-state index contributed by atoms with van der Waals surface area (Å²) < 4.78 is 0. The van der Waals surface area contributed by atoms with E-state index in [4.69, 9.17) is 0 Å². The lowest BCUT2D eigenvalue weighted by Gasteiger charge is -2.32. The molecule has 2 atom stereocenters. The van der Waals surface area contributed by atoms with Crippen molar-refractivity contribution < 1.29 is 0 Å². The van der Waals surface area contributed by atoms with Crippen molar-refractivity contribution in [2.24, 2.45) is 5.92 Å². The van der Waals surface area contributed by atoms with Crippen LogP contribution in [-0.2, 0) is 0 Å². The second-order valence-electron chi connectivity index (χ2n) is 6.54. The van der Waals surface area contributed by atoms with E-state index in [9.17, 15) is 0 Å². The molecule has 1 aromatic carbocycles. The highest BCUT2D eigenvalue weighted by atomic mass is 32.1. The van der Waals surface area contributed by atoms with Gasteiger partial charge in [0.15, 0.2) is 0 Å². The van der Waals surface area contributed by atoms with Crippen LogP contribution >= 0.6 is 12.6 Å². The zero-order valence-electron chi connectivity index (χ0n) is 12.4. The summed E-state index contributed by atoms with van der Waals surface area (Å²) >= 11 is 4.61. The Balaban J connectivity index is 1.65. The minimum absolute atomic E-state index is 0.585. The van der Waals surface area contributed by atoms with Crippen molar-refractivity contribution in [3.05, 3.63) is 35.9 Å². The monoisotopic (exact) mass is 289 g/mol. The predicted octanol–water partition coefficient (Wildman–Crippen LogP) is 4.35. The van der Waals surface area contributed by atoms with Gasteiger partial charge in [-0.05, 0) is 49.5 Å². The third kappa shape index (κ3) is 3.23. The van der Waals surface area contributed by atoms with E-state index in [1.54, 1.807) is 0 Å². The average molecular weight is 289 g/mol. The normalized spacial score (nSPS) is 26.1. The molecular weight excluding hydrogens is 262 g/mol. The minimum Gasteiger partial charge on any atom is -0.299 e. The first kappa shape index (κ1) is 14.5. The molecule has 1 aliphatic carbocycles. The Bertz CT molecular complexity index is 399. The number of hydrogen-bond acceptors (Lipinski definition) is 2. The lowest BCUT2D eigenvalue weighted by Crippen LogP contribution is -2.37. The molecule has 20 heavy (non-hydrogen) atoms. The molecular formula is C18H27NS. The summed E-state index contributed by atoms with van der Waals surface area (Å²) in [6.07, 6.45) is 8.69. The molecule has 2 unspecified atom stereocenters. The topological polar surface area (TPSA) is 3.24 Å². The zero-order chi connectivity index (χ0) is 13.8. The van der Waals surface area contributed by atoms with Crippen LogP contribution in [0.4, 0.5) is 0 Å². The van der Waals surface area contributed by atoms with Gasteiger partial charge in [0.2, 0.25) is 0 Å². The number of rotatable bonds is 5. The number of nitrogens with zero attached hydrogens (tertiary/aromatic N) is 1. The Morgan fingerprint density at radius 2 is 1.80 bits per heavy atom. The fourth-order valence-electron chi connectivity index (χ4n) is 4.23. The Morgan fingerprint density at radius 1 is 1.05 bits per heavy atom. The average Bonchev–Trinajstić information content (AvgIpc) is 3.16. The van der Waals surface area contributed by atoms with Crippen LogP contribution in [0.3, 0.4) is 0 Å². The fraction of sp³-hybridized carbons (Fsp3) is 0.667. The molecule has 0 N–H and O–H groups in total. The number of likely N-dealkylation sites (tertiary alicyclic amines) is 1. The Hall–Kier alpha value is -0.470. The summed E-state index contributed by atoms with van der Waals surface area (Å²) in [7, 11) is 0. The van der Waals surface area contributed by atoms with Gasteiger partial charge in [-0.2, -0.15) is 12.6 Å². The summed E-state index contributed by atoms with van der Waals surface area (Å²) in [6, 6.07) is 11.8. The molecule has 0 bridgehead atoms. The Kier molecular flexibility index (Phi) is 5.06. The van der Waals surface area contributed by atoms with Gasteiger partial charge in [0.05, 0.1) is 0 Å². The first-order chi connectivity index (χ1) is 9.88. The van der Waals surface area contributed by atoms with E-state index in [0.717, 1.165) is 17.7 Å². The second kappa shape index (κ2) is 7.00. The molecule has 0 spiro atoms. The maximum Gasteiger partial charge on any atom is 0.0124 e. The van der Waals surface area contributed by atoms with Gasteiger partial charge in [0.1, 0.15) is 0 Å². The van der Waals surface area contributed by atoms with Gasteiger partial charge in [-0.1, -0.05) is 43.2 Å². The molecule has 0 aromatic heterocycles. The summed E-state index contributed by atoms with van der Waals surface area (Å²) in [4.78, 5) is 2.78. The molecule has 0 amide bonds. The van der Waals surface area contributed by atoms with Crippen LogP contribution in [0, 0.1) is 5.92 Å². The summed E-state index contributed by atoms with van der Waals surface area (Å²) in [5, 5.41) is 0. The van der Waals surface area contributed by atoms with E-state index >= 15 is 0 Å². The van der Waals surface area contributed by atoms with Gasteiger partial charge in [0.25, 0.3) is 0 Å². The molecule has 0 radical (unpaired) electrons. The largest absolute Gasteiger partial charge is 0.299 e. The van der Waals surface area contributed by atoms with Crippen LogP contribution in [0.25, 0.3) is 0 Å². The van der Waals surface area contributed by atoms with E-state index in [1.165, 1.54) is 57.2 Å². The van der Waals surface area contributed by atoms with Crippen LogP contribution in [0.15, 0.2) is 30.3 Å². The van der Waals surface area contributed by atoms with Crippen molar-refractivity contribution in [2.45, 2.75) is 50.5 Å². The van der Waals surface area contributed by atoms with Crippen LogP contribution < -0.4 is 0 Å². The van der Waals surface area contributed by atoms with Crippen molar-refractivity contribution in [1.82, 2.24) is 4.90 Å². The van der Waals surface area contributed by atoms with E-state index in [0.29, 0.717) is 5.92 Å². The van der Waals surface area contributed by atoms with E-state index in [-0.39, 0.29) is 0 Å². The maximum absolute atomic E-state index is 4.61. The van der Waals surface area contributed by atoms with E-state index in [2.05, 4.69) is 47.9 Å². The van der Waals surface area contributed by atoms with Crippen molar-refractivity contribution in [1.29, 1.82) is 0 Å². The molecule has 1 heterocycles. The highest BCUT2D eigenvalue weighted by molar-refractivity contribution is 7.80. The van der Waals surface area contributed by atoms with Crippen molar-refractivity contribution >= 4 is 12.6 Å². The number of hydrogen-bond donors (Lipinski definition) is 1. The summed E-state index contributed by atoms with van der Waals surface area (Å²) in [6.45, 7) is 2.51. The molecule has 1 aliphatic heterocycles. The third-order valence-corrected chi connectivity index (χ3v) is 5.75. The van der Waals surface area contributed by atoms with Crippen molar-refractivity contribution in [3.8, 4) is 0 Å². The Morgan fingerprint density at radius 3 is 2.50 bits per heavy atom. The van der Waals surface area contributed by atoms with Gasteiger partial charge in [-0.3, -0.25) is 4.90 Å². The van der Waals surface area contributed by atoms with Gasteiger partial charge < -0.3 is 0 Å². The summed E-state index contributed by atoms with van der Waals surface area (Å²) in [5.41, 5.74) is 1.46. The molecule has 3 rings (SSSR count). The third-order valence-electron chi connectivity index (χ3n) is 5.30. The van der Waals surface area contributed by atoms with Gasteiger partial charge in [-0.15, -0.1) is 0 Å². The zero-order valence-corrected chi connectivity index (χ0v) is 13.3. The molecule has 1 saturated heterocycles. The lowest BCUT2D eigenvalue weighted by molar-refractivity contribution is 0.183. The van der Waals surface area contributed by atoms with Crippen LogP contribution in [0.5, 0.6) is 0 Å². The molecule has 1 aromatic rings. The van der Waals surface area contributed by atoms with Crippen LogP contribution in [0.1, 0.15) is 50.0 Å². The van der Waals surface area contributed by atoms with Crippen LogP contribution in [0.2, 0.25) is 0 Å². The van der Waals surface area contributed by atoms with Crippen molar-refractivity contribution in [2.75, 3.05) is 18.8 Å². The standard InChI is InChI=1S/C18H27NS/c20-14-17(15-7-2-1-3-8-15)13-19-12-6-11-18(19)16-9-4-5-10-16/h1-3,7-8,16-18,20H,4-6,9-14H2. The molecule has 110 valence electrons. The predicted molar refractivity (Wildman–Crippen MR) is 89.6 cm³/mol. The minimum atomic E-state index is 0.585. The molecule has 1 saturated carbocycles. The number of benzene rings is 1. The molecule has 2 heteroatoms. The van der Waals surface area contributed by atoms with Crippen molar-refractivity contribution in [3.63, 3.8) is 0 Å². The first-order valence-electron chi connectivity index (χ1n) is 8.28. The second-order valence-corrected chi connectivity index (χ2v) is 6.90. The quantitative estimate of drug-likeness (QED) is 0.789. The molecule has 2 fully saturated rings. The van der Waals surface area contributed by atoms with Gasteiger partial charge in [0, 0.05) is 18.5 Å². The molecule has 2 aliphatic rings. The highest BCUT2D eigenvalue weighted by Gasteiger charge is 2.34. The van der Waals surface area contributed by atoms with E-state index < -0.39 is 0 Å². The smallest absolute Gasteiger partial charge is 0.0124 e. The number of thiol groups is 1. The van der Waals surface area contributed by atoms with Crippen LogP contribution in [-0.4, -0.2) is 29.8 Å². The SMILES string of the molecule is SCC(CN1CCCC1C1CCCC1)c1ccccc1. The van der Waals surface area contributed by atoms with Gasteiger partial charge in [-0.25, -0.2) is 0 Å².